The molecule has 1 aromatic carbocycles. The van der Waals surface area contributed by atoms with Crippen molar-refractivity contribution >= 4 is 17.7 Å². The van der Waals surface area contributed by atoms with Gasteiger partial charge in [-0.1, -0.05) is 61.0 Å². The minimum Gasteiger partial charge on any atom is -0.356 e. The molecule has 204 valence electrons. The van der Waals surface area contributed by atoms with Gasteiger partial charge in [0.25, 0.3) is 11.8 Å². The Morgan fingerprint density at radius 1 is 0.944 bits per heavy atom. The third kappa shape index (κ3) is 10.7. The van der Waals surface area contributed by atoms with Crippen molar-refractivity contribution in [2.24, 2.45) is 23.5 Å². The maximum Gasteiger partial charge on any atom is 0.253 e. The van der Waals surface area contributed by atoms with Crippen LogP contribution >= 0.6 is 0 Å². The minimum atomic E-state index is -0.366. The van der Waals surface area contributed by atoms with Gasteiger partial charge in [-0.25, -0.2) is 0 Å². The second-order valence-electron chi connectivity index (χ2n) is 10.6. The number of nitrogens with two attached hydrogens (primary N) is 1. The van der Waals surface area contributed by atoms with Crippen LogP contribution in [0, 0.1) is 17.8 Å². The Balaban J connectivity index is 2.93. The van der Waals surface area contributed by atoms with Crippen LogP contribution in [-0.4, -0.2) is 54.3 Å². The molecule has 0 bridgehead atoms. The molecule has 7 nitrogen and oxygen atoms in total. The number of hydrogen-bond donors (Lipinski definition) is 3. The van der Waals surface area contributed by atoms with E-state index >= 15 is 0 Å². The lowest BCUT2D eigenvalue weighted by atomic mass is 9.90. The molecule has 0 aliphatic rings. The molecule has 0 spiro atoms. The van der Waals surface area contributed by atoms with Gasteiger partial charge in [0.15, 0.2) is 0 Å². The first-order valence-corrected chi connectivity index (χ1v) is 13.8. The fourth-order valence-corrected chi connectivity index (χ4v) is 4.20. The van der Waals surface area contributed by atoms with E-state index in [0.717, 1.165) is 19.3 Å². The third-order valence-corrected chi connectivity index (χ3v) is 6.60. The van der Waals surface area contributed by atoms with E-state index in [0.29, 0.717) is 55.4 Å². The lowest BCUT2D eigenvalue weighted by Crippen LogP contribution is -2.50. The highest BCUT2D eigenvalue weighted by Gasteiger charge is 2.26. The lowest BCUT2D eigenvalue weighted by Gasteiger charge is -2.28. The maximum absolute atomic E-state index is 13.2. The third-order valence-electron chi connectivity index (χ3n) is 6.60. The zero-order chi connectivity index (χ0) is 27.3. The normalized spacial score (nSPS) is 14.6. The van der Waals surface area contributed by atoms with Crippen molar-refractivity contribution in [3.63, 3.8) is 0 Å². The average Bonchev–Trinajstić information content (AvgIpc) is 2.85. The summed E-state index contributed by atoms with van der Waals surface area (Å²) in [7, 11) is 0. The van der Waals surface area contributed by atoms with Gasteiger partial charge in [0, 0.05) is 48.8 Å². The van der Waals surface area contributed by atoms with Crippen LogP contribution in [0.2, 0.25) is 0 Å². The standard InChI is InChI=1S/C29H50N4O3/c1-8-14-33(15-9-2)29(36)24-13-11-12-23(18-24)28(35)32-26(16-20(4)5)25(30)17-22(7)27(34)31-19-21(6)10-3/h11-13,18,20-22,25-26H,8-10,14-17,19,30H2,1-7H3,(H,31,34)(H,32,35)/t21-,22+,25-,26-/m0/s1. The van der Waals surface area contributed by atoms with Crippen molar-refractivity contribution in [1.82, 2.24) is 15.5 Å². The molecular formula is C29H50N4O3. The van der Waals surface area contributed by atoms with Crippen molar-refractivity contribution in [2.45, 2.75) is 92.7 Å². The second-order valence-corrected chi connectivity index (χ2v) is 10.6. The van der Waals surface area contributed by atoms with Gasteiger partial charge in [0.05, 0.1) is 0 Å². The van der Waals surface area contributed by atoms with Crippen molar-refractivity contribution in [3.05, 3.63) is 35.4 Å². The Hall–Kier alpha value is -2.41. The molecule has 0 aromatic heterocycles. The highest BCUT2D eigenvalue weighted by Crippen LogP contribution is 2.16. The molecule has 0 saturated carbocycles. The highest BCUT2D eigenvalue weighted by atomic mass is 16.2. The molecule has 4 N–H and O–H groups in total. The molecule has 3 amide bonds. The Labute approximate surface area is 219 Å². The molecule has 1 aromatic rings. The van der Waals surface area contributed by atoms with Gasteiger partial charge in [-0.2, -0.15) is 0 Å². The lowest BCUT2D eigenvalue weighted by molar-refractivity contribution is -0.125. The number of nitrogens with zero attached hydrogens (tertiary/aromatic N) is 1. The van der Waals surface area contributed by atoms with E-state index in [1.165, 1.54) is 0 Å². The number of carbonyl (C=O) groups is 3. The topological polar surface area (TPSA) is 105 Å². The van der Waals surface area contributed by atoms with Gasteiger partial charge in [-0.15, -0.1) is 0 Å². The van der Waals surface area contributed by atoms with Crippen LogP contribution in [0.1, 0.15) is 101 Å². The Morgan fingerprint density at radius 2 is 1.56 bits per heavy atom. The zero-order valence-corrected chi connectivity index (χ0v) is 23.6. The van der Waals surface area contributed by atoms with Gasteiger partial charge >= 0.3 is 0 Å². The van der Waals surface area contributed by atoms with Crippen LogP contribution in [0.3, 0.4) is 0 Å². The molecule has 0 heterocycles. The molecule has 7 heteroatoms. The van der Waals surface area contributed by atoms with E-state index in [9.17, 15) is 14.4 Å². The summed E-state index contributed by atoms with van der Waals surface area (Å²) in [6, 6.07) is 6.25. The molecule has 0 radical (unpaired) electrons. The fraction of sp³-hybridized carbons (Fsp3) is 0.690. The maximum atomic E-state index is 13.2. The predicted octanol–water partition coefficient (Wildman–Crippen LogP) is 4.61. The first-order chi connectivity index (χ1) is 17.0. The van der Waals surface area contributed by atoms with Gasteiger partial charge < -0.3 is 21.3 Å². The highest BCUT2D eigenvalue weighted by molar-refractivity contribution is 5.99. The second kappa shape index (κ2) is 16.4. The zero-order valence-electron chi connectivity index (χ0n) is 23.6. The first-order valence-electron chi connectivity index (χ1n) is 13.8. The average molecular weight is 503 g/mol. The largest absolute Gasteiger partial charge is 0.356 e. The van der Waals surface area contributed by atoms with Gasteiger partial charge in [-0.05, 0) is 55.7 Å². The Bertz CT molecular complexity index is 820. The van der Waals surface area contributed by atoms with E-state index in [4.69, 9.17) is 5.73 Å². The van der Waals surface area contributed by atoms with Crippen LogP contribution in [0.5, 0.6) is 0 Å². The molecule has 1 rings (SSSR count). The minimum absolute atomic E-state index is 0.00435. The van der Waals surface area contributed by atoms with Crippen LogP contribution in [-0.2, 0) is 4.79 Å². The van der Waals surface area contributed by atoms with E-state index < -0.39 is 0 Å². The Morgan fingerprint density at radius 3 is 2.11 bits per heavy atom. The van der Waals surface area contributed by atoms with E-state index in [1.807, 2.05) is 25.7 Å². The summed E-state index contributed by atoms with van der Waals surface area (Å²) in [5, 5.41) is 6.10. The van der Waals surface area contributed by atoms with Crippen LogP contribution in [0.15, 0.2) is 24.3 Å². The Kier molecular flexibility index (Phi) is 14.4. The summed E-state index contributed by atoms with van der Waals surface area (Å²) >= 11 is 0. The van der Waals surface area contributed by atoms with Crippen LogP contribution in [0.25, 0.3) is 0 Å². The van der Waals surface area contributed by atoms with Crippen LogP contribution < -0.4 is 16.4 Å². The molecule has 0 aliphatic heterocycles. The monoisotopic (exact) mass is 502 g/mol. The number of benzene rings is 1. The number of carbonyl (C=O) groups excluding carboxylic acids is 3. The van der Waals surface area contributed by atoms with E-state index in [-0.39, 0.29) is 35.7 Å². The van der Waals surface area contributed by atoms with Gasteiger partial charge in [0.1, 0.15) is 0 Å². The first kappa shape index (κ1) is 31.6. The summed E-state index contributed by atoms with van der Waals surface area (Å²) in [6.45, 7) is 16.4. The SMILES string of the molecule is CCCN(CCC)C(=O)c1cccc(C(=O)N[C@@H](CC(C)C)[C@@H](N)C[C@@H](C)C(=O)NC[C@@H](C)CC)c1. The number of hydrogen-bond acceptors (Lipinski definition) is 4. The molecule has 0 unspecified atom stereocenters. The molecule has 0 aliphatic carbocycles. The fourth-order valence-electron chi connectivity index (χ4n) is 4.20. The van der Waals surface area contributed by atoms with Gasteiger partial charge in [0.2, 0.25) is 5.91 Å². The van der Waals surface area contributed by atoms with E-state index in [2.05, 4.69) is 38.3 Å². The summed E-state index contributed by atoms with van der Waals surface area (Å²) in [5.41, 5.74) is 7.50. The predicted molar refractivity (Wildman–Crippen MR) is 148 cm³/mol. The van der Waals surface area contributed by atoms with Crippen LogP contribution in [0.4, 0.5) is 0 Å². The number of amides is 3. The summed E-state index contributed by atoms with van der Waals surface area (Å²) < 4.78 is 0. The van der Waals surface area contributed by atoms with Crippen molar-refractivity contribution in [2.75, 3.05) is 19.6 Å². The molecule has 0 fully saturated rings. The number of rotatable bonds is 16. The van der Waals surface area contributed by atoms with Gasteiger partial charge in [-0.3, -0.25) is 14.4 Å². The van der Waals surface area contributed by atoms with E-state index in [1.54, 1.807) is 24.3 Å². The van der Waals surface area contributed by atoms with Crippen molar-refractivity contribution < 1.29 is 14.4 Å². The summed E-state index contributed by atoms with van der Waals surface area (Å²) in [6.07, 6.45) is 3.96. The smallest absolute Gasteiger partial charge is 0.253 e. The number of nitrogens with one attached hydrogen (secondary N) is 2. The molecule has 4 atom stereocenters. The molecular weight excluding hydrogens is 452 g/mol. The quantitative estimate of drug-likeness (QED) is 0.307. The summed E-state index contributed by atoms with van der Waals surface area (Å²) in [4.78, 5) is 40.6. The van der Waals surface area contributed by atoms with Crippen molar-refractivity contribution in [1.29, 1.82) is 0 Å². The molecule has 0 saturated heterocycles. The summed E-state index contributed by atoms with van der Waals surface area (Å²) in [5.74, 6) is 0.190. The van der Waals surface area contributed by atoms with Crippen molar-refractivity contribution in [3.8, 4) is 0 Å². The molecule has 36 heavy (non-hydrogen) atoms.